The molecule has 172 valence electrons. The highest BCUT2D eigenvalue weighted by atomic mass is 16.5. The summed E-state index contributed by atoms with van der Waals surface area (Å²) in [6.45, 7) is 7.62. The molecule has 0 unspecified atom stereocenters. The normalized spacial score (nSPS) is 17.3. The number of likely N-dealkylation sites (tertiary alicyclic amines) is 1. The molecule has 0 atom stereocenters. The van der Waals surface area contributed by atoms with Crippen molar-refractivity contribution in [3.05, 3.63) is 47.3 Å². The molecule has 8 nitrogen and oxygen atoms in total. The Morgan fingerprint density at radius 2 is 2.09 bits per heavy atom. The monoisotopic (exact) mass is 448 g/mol. The number of nitrogens with one attached hydrogen (secondary N) is 1. The Morgan fingerprint density at radius 3 is 2.85 bits per heavy atom. The summed E-state index contributed by atoms with van der Waals surface area (Å²) in [5.41, 5.74) is 2.43. The molecular formula is C25H28N4O4. The summed E-state index contributed by atoms with van der Waals surface area (Å²) in [4.78, 5) is 32.4. The van der Waals surface area contributed by atoms with Crippen molar-refractivity contribution in [2.24, 2.45) is 5.92 Å². The van der Waals surface area contributed by atoms with E-state index >= 15 is 0 Å². The number of H-pyrrole nitrogens is 1. The lowest BCUT2D eigenvalue weighted by atomic mass is 9.82. The second-order valence-corrected chi connectivity index (χ2v) is 9.50. The van der Waals surface area contributed by atoms with E-state index in [9.17, 15) is 9.59 Å². The second-order valence-electron chi connectivity index (χ2n) is 9.50. The number of ether oxygens (including phenoxy) is 2. The Balaban J connectivity index is 1.31. The number of nitrogens with zero attached hydrogens (tertiary/aromatic N) is 3. The third-order valence-electron chi connectivity index (χ3n) is 6.47. The van der Waals surface area contributed by atoms with Gasteiger partial charge in [0.25, 0.3) is 5.91 Å². The van der Waals surface area contributed by atoms with Gasteiger partial charge >= 0.3 is 0 Å². The first-order chi connectivity index (χ1) is 15.8. The van der Waals surface area contributed by atoms with Crippen LogP contribution < -0.4 is 9.47 Å². The lowest BCUT2D eigenvalue weighted by Crippen LogP contribution is -2.52. The van der Waals surface area contributed by atoms with Crippen LogP contribution in [0.2, 0.25) is 0 Å². The number of aromatic nitrogens is 3. The van der Waals surface area contributed by atoms with Gasteiger partial charge in [-0.05, 0) is 36.6 Å². The molecule has 0 aliphatic carbocycles. The molecule has 0 radical (unpaired) electrons. The lowest BCUT2D eigenvalue weighted by Gasteiger charge is -2.44. The maximum absolute atomic E-state index is 13.2. The minimum absolute atomic E-state index is 0.00726. The first-order valence-electron chi connectivity index (χ1n) is 11.4. The van der Waals surface area contributed by atoms with E-state index in [4.69, 9.17) is 9.47 Å². The quantitative estimate of drug-likeness (QED) is 0.649. The van der Waals surface area contributed by atoms with Gasteiger partial charge < -0.3 is 14.4 Å². The van der Waals surface area contributed by atoms with Crippen LogP contribution in [0.3, 0.4) is 0 Å². The summed E-state index contributed by atoms with van der Waals surface area (Å²) in [6.07, 6.45) is 4.82. The van der Waals surface area contributed by atoms with Gasteiger partial charge in [-0.3, -0.25) is 14.7 Å². The fourth-order valence-electron chi connectivity index (χ4n) is 4.71. The standard InChI is InChI=1S/C25H28N4O4/c1-15(2)14-32-23-21-19(30)12-25(33-20(21)4-7-26-23)5-8-29(9-6-25)24(31)17-10-16(3)22-18(11-17)13-27-28-22/h4,7,10-11,13,15H,5-6,8-9,12,14H2,1-3H3,(H,27,28). The van der Waals surface area contributed by atoms with Gasteiger partial charge in [-0.2, -0.15) is 5.10 Å². The van der Waals surface area contributed by atoms with Crippen molar-refractivity contribution in [3.63, 3.8) is 0 Å². The molecule has 1 spiro atoms. The minimum atomic E-state index is -0.595. The van der Waals surface area contributed by atoms with E-state index in [1.54, 1.807) is 18.5 Å². The highest BCUT2D eigenvalue weighted by molar-refractivity contribution is 6.02. The fraction of sp³-hybridized carbons (Fsp3) is 0.440. The smallest absolute Gasteiger partial charge is 0.253 e. The van der Waals surface area contributed by atoms with Crippen molar-refractivity contribution in [2.75, 3.05) is 19.7 Å². The van der Waals surface area contributed by atoms with Crippen molar-refractivity contribution in [1.29, 1.82) is 0 Å². The van der Waals surface area contributed by atoms with E-state index in [2.05, 4.69) is 15.2 Å². The average Bonchev–Trinajstić information content (AvgIpc) is 3.27. The van der Waals surface area contributed by atoms with Crippen LogP contribution in [0.25, 0.3) is 10.9 Å². The average molecular weight is 449 g/mol. The Labute approximate surface area is 192 Å². The Morgan fingerprint density at radius 1 is 1.30 bits per heavy atom. The summed E-state index contributed by atoms with van der Waals surface area (Å²) in [5, 5.41) is 7.96. The van der Waals surface area contributed by atoms with Crippen LogP contribution in [0.1, 0.15) is 59.4 Å². The number of benzene rings is 1. The predicted molar refractivity (Wildman–Crippen MR) is 123 cm³/mol. The van der Waals surface area contributed by atoms with E-state index in [1.165, 1.54) is 0 Å². The number of pyridine rings is 1. The zero-order chi connectivity index (χ0) is 23.2. The molecule has 1 fully saturated rings. The summed E-state index contributed by atoms with van der Waals surface area (Å²) >= 11 is 0. The first kappa shape index (κ1) is 21.4. The molecule has 2 aromatic heterocycles. The maximum Gasteiger partial charge on any atom is 0.253 e. The highest BCUT2D eigenvalue weighted by Crippen LogP contribution is 2.42. The number of Topliss-reactive ketones (excluding diaryl/α,β-unsaturated/α-hetero) is 1. The van der Waals surface area contributed by atoms with Gasteiger partial charge in [0.15, 0.2) is 5.78 Å². The maximum atomic E-state index is 13.2. The van der Waals surface area contributed by atoms with Crippen LogP contribution in [0, 0.1) is 12.8 Å². The number of hydrogen-bond donors (Lipinski definition) is 1. The van der Waals surface area contributed by atoms with Crippen LogP contribution in [0.4, 0.5) is 0 Å². The molecular weight excluding hydrogens is 420 g/mol. The van der Waals surface area contributed by atoms with Gasteiger partial charge in [-0.15, -0.1) is 0 Å². The van der Waals surface area contributed by atoms with Gasteiger partial charge in [0, 0.05) is 43.1 Å². The molecule has 8 heteroatoms. The molecule has 0 saturated carbocycles. The molecule has 1 amide bonds. The van der Waals surface area contributed by atoms with E-state index in [1.807, 2.05) is 37.8 Å². The van der Waals surface area contributed by atoms with Crippen LogP contribution in [0.15, 0.2) is 30.6 Å². The van der Waals surface area contributed by atoms with E-state index in [0.717, 1.165) is 16.5 Å². The summed E-state index contributed by atoms with van der Waals surface area (Å²) in [7, 11) is 0. The largest absolute Gasteiger partial charge is 0.486 e. The van der Waals surface area contributed by atoms with Crippen LogP contribution in [-0.4, -0.2) is 57.1 Å². The molecule has 1 saturated heterocycles. The van der Waals surface area contributed by atoms with Gasteiger partial charge in [-0.25, -0.2) is 4.98 Å². The van der Waals surface area contributed by atoms with Crippen molar-refractivity contribution >= 4 is 22.6 Å². The molecule has 3 aromatic rings. The molecule has 2 aliphatic heterocycles. The molecule has 4 heterocycles. The number of ketones is 1. The highest BCUT2D eigenvalue weighted by Gasteiger charge is 2.45. The van der Waals surface area contributed by atoms with E-state index in [0.29, 0.717) is 61.2 Å². The first-order valence-corrected chi connectivity index (χ1v) is 11.4. The van der Waals surface area contributed by atoms with Crippen LogP contribution >= 0.6 is 0 Å². The number of rotatable bonds is 4. The zero-order valence-corrected chi connectivity index (χ0v) is 19.2. The van der Waals surface area contributed by atoms with Gasteiger partial charge in [-0.1, -0.05) is 13.8 Å². The third-order valence-corrected chi connectivity index (χ3v) is 6.47. The number of hydrogen-bond acceptors (Lipinski definition) is 6. The Kier molecular flexibility index (Phi) is 5.31. The number of carbonyl (C=O) groups is 2. The minimum Gasteiger partial charge on any atom is -0.486 e. The van der Waals surface area contributed by atoms with Crippen molar-refractivity contribution in [2.45, 2.75) is 45.6 Å². The molecule has 33 heavy (non-hydrogen) atoms. The third kappa shape index (κ3) is 3.94. The Hall–Kier alpha value is -3.42. The number of aromatic amines is 1. The van der Waals surface area contributed by atoms with Gasteiger partial charge in [0.05, 0.1) is 24.7 Å². The van der Waals surface area contributed by atoms with Crippen molar-refractivity contribution in [3.8, 4) is 11.6 Å². The van der Waals surface area contributed by atoms with Gasteiger partial charge in [0.2, 0.25) is 5.88 Å². The topological polar surface area (TPSA) is 97.4 Å². The predicted octanol–water partition coefficient (Wildman–Crippen LogP) is 3.94. The summed E-state index contributed by atoms with van der Waals surface area (Å²) < 4.78 is 12.2. The van der Waals surface area contributed by atoms with Gasteiger partial charge in [0.1, 0.15) is 16.9 Å². The molecule has 2 aliphatic rings. The number of piperidine rings is 1. The van der Waals surface area contributed by atoms with Crippen molar-refractivity contribution in [1.82, 2.24) is 20.1 Å². The molecule has 1 N–H and O–H groups in total. The van der Waals surface area contributed by atoms with Crippen LogP contribution in [-0.2, 0) is 0 Å². The summed E-state index contributed by atoms with van der Waals surface area (Å²) in [6, 6.07) is 5.51. The second kappa shape index (κ2) is 8.17. The van der Waals surface area contributed by atoms with E-state index in [-0.39, 0.29) is 18.1 Å². The molecule has 5 rings (SSSR count). The number of fused-ring (bicyclic) bond motifs is 2. The lowest BCUT2D eigenvalue weighted by molar-refractivity contribution is -0.00625. The zero-order valence-electron chi connectivity index (χ0n) is 19.2. The summed E-state index contributed by atoms with van der Waals surface area (Å²) in [5.74, 6) is 1.18. The van der Waals surface area contributed by atoms with E-state index < -0.39 is 5.60 Å². The van der Waals surface area contributed by atoms with Crippen molar-refractivity contribution < 1.29 is 19.1 Å². The number of amides is 1. The fourth-order valence-corrected chi connectivity index (χ4v) is 4.71. The molecule has 1 aromatic carbocycles. The van der Waals surface area contributed by atoms with Crippen LogP contribution in [0.5, 0.6) is 11.6 Å². The Bertz CT molecular complexity index is 1220. The molecule has 0 bridgehead atoms. The number of carbonyl (C=O) groups excluding carboxylic acids is 2. The number of aryl methyl sites for hydroxylation is 1. The SMILES string of the molecule is Cc1cc(C(=O)N2CCC3(CC2)CC(=O)c2c(ccnc2OCC(C)C)O3)cc2cn[nH]c12.